The van der Waals surface area contributed by atoms with Gasteiger partial charge in [0.15, 0.2) is 0 Å². The maximum atomic E-state index is 13.4. The Kier molecular flexibility index (Phi) is 4.92. The molecule has 0 radical (unpaired) electrons. The van der Waals surface area contributed by atoms with Crippen molar-refractivity contribution in [2.24, 2.45) is 0 Å². The smallest absolute Gasteiger partial charge is 0.362 e. The van der Waals surface area contributed by atoms with E-state index in [-0.39, 0.29) is 30.4 Å². The number of aromatic amines is 1. The number of hydrogen-bond acceptors (Lipinski definition) is 6. The minimum absolute atomic E-state index is 0.00273. The number of hydrogen-bond donors (Lipinski definition) is 3. The first kappa shape index (κ1) is 20.2. The number of H-pyrrole nitrogens is 1. The van der Waals surface area contributed by atoms with Crippen LogP contribution in [0.5, 0.6) is 0 Å². The number of aromatic nitrogens is 3. The van der Waals surface area contributed by atoms with Gasteiger partial charge >= 0.3 is 5.69 Å². The van der Waals surface area contributed by atoms with E-state index in [0.717, 1.165) is 10.9 Å². The van der Waals surface area contributed by atoms with Crippen LogP contribution in [0.2, 0.25) is 5.02 Å². The van der Waals surface area contributed by atoms with Crippen LogP contribution in [0, 0.1) is 0 Å². The Bertz CT molecular complexity index is 1520. The number of fused-ring (bicyclic) bond motifs is 2. The zero-order valence-corrected chi connectivity index (χ0v) is 17.3. The Balaban J connectivity index is 1.97. The van der Waals surface area contributed by atoms with Gasteiger partial charge in [0.2, 0.25) is 9.84 Å². The average Bonchev–Trinajstić information content (AvgIpc) is 3.12. The predicted molar refractivity (Wildman–Crippen MR) is 112 cm³/mol. The summed E-state index contributed by atoms with van der Waals surface area (Å²) in [6, 6.07) is 9.06. The minimum atomic E-state index is -4.12. The Labute approximate surface area is 175 Å². The van der Waals surface area contributed by atoms with Gasteiger partial charge in [-0.15, -0.1) is 0 Å². The summed E-state index contributed by atoms with van der Waals surface area (Å²) in [5.74, 6) is 0. The van der Waals surface area contributed by atoms with E-state index < -0.39 is 21.1 Å². The second kappa shape index (κ2) is 7.31. The third kappa shape index (κ3) is 3.09. The van der Waals surface area contributed by atoms with Gasteiger partial charge in [-0.05, 0) is 42.8 Å². The summed E-state index contributed by atoms with van der Waals surface area (Å²) in [4.78, 5) is 26.1. The van der Waals surface area contributed by atoms with E-state index >= 15 is 0 Å². The van der Waals surface area contributed by atoms with E-state index in [0.29, 0.717) is 13.1 Å². The van der Waals surface area contributed by atoms with Gasteiger partial charge in [0, 0.05) is 24.8 Å². The average molecular weight is 449 g/mol. The lowest BCUT2D eigenvalue weighted by Crippen LogP contribution is -2.33. The van der Waals surface area contributed by atoms with Gasteiger partial charge in [-0.25, -0.2) is 13.2 Å². The zero-order valence-electron chi connectivity index (χ0n) is 15.7. The van der Waals surface area contributed by atoms with Gasteiger partial charge in [-0.3, -0.25) is 4.79 Å². The second-order valence-corrected chi connectivity index (χ2v) is 9.00. The highest BCUT2D eigenvalue weighted by molar-refractivity contribution is 7.91. The predicted octanol–water partition coefficient (Wildman–Crippen LogP) is 1.59. The van der Waals surface area contributed by atoms with Crippen molar-refractivity contribution in [2.75, 3.05) is 13.6 Å². The zero-order chi connectivity index (χ0) is 21.6. The molecule has 0 aliphatic carbocycles. The summed E-state index contributed by atoms with van der Waals surface area (Å²) < 4.78 is 28.6. The summed E-state index contributed by atoms with van der Waals surface area (Å²) in [5.41, 5.74) is -1.79. The highest BCUT2D eigenvalue weighted by atomic mass is 35.5. The van der Waals surface area contributed by atoms with Gasteiger partial charge in [0.1, 0.15) is 0 Å². The topological polar surface area (TPSA) is 126 Å². The number of halogens is 1. The first-order valence-corrected chi connectivity index (χ1v) is 10.8. The number of rotatable bonds is 5. The van der Waals surface area contributed by atoms with Crippen LogP contribution in [0.4, 0.5) is 0 Å². The molecule has 0 amide bonds. The van der Waals surface area contributed by atoms with Gasteiger partial charge in [-0.1, -0.05) is 22.4 Å². The van der Waals surface area contributed by atoms with Crippen LogP contribution in [0.1, 0.15) is 0 Å². The second-order valence-electron chi connectivity index (χ2n) is 6.68. The number of sulfone groups is 1. The van der Waals surface area contributed by atoms with E-state index in [9.17, 15) is 23.2 Å². The molecule has 11 heteroatoms. The lowest BCUT2D eigenvalue weighted by atomic mass is 10.2. The minimum Gasteiger partial charge on any atom is -0.421 e. The monoisotopic (exact) mass is 448 g/mol. The van der Waals surface area contributed by atoms with Crippen molar-refractivity contribution in [3.63, 3.8) is 0 Å². The van der Waals surface area contributed by atoms with Crippen molar-refractivity contribution in [1.29, 1.82) is 0 Å². The molecule has 9 nitrogen and oxygen atoms in total. The van der Waals surface area contributed by atoms with Crippen LogP contribution in [-0.2, 0) is 16.4 Å². The largest absolute Gasteiger partial charge is 0.421 e. The van der Waals surface area contributed by atoms with Gasteiger partial charge in [0.25, 0.3) is 5.56 Å². The first-order valence-electron chi connectivity index (χ1n) is 8.91. The van der Waals surface area contributed by atoms with Crippen LogP contribution in [-0.4, -0.2) is 41.5 Å². The molecule has 4 rings (SSSR count). The molecule has 0 spiro atoms. The van der Waals surface area contributed by atoms with Crippen molar-refractivity contribution in [2.45, 2.75) is 16.3 Å². The van der Waals surface area contributed by atoms with Crippen LogP contribution in [0.3, 0.4) is 0 Å². The molecule has 0 aliphatic rings. The number of nitrogens with one attached hydrogen (secondary N) is 2. The fourth-order valence-corrected chi connectivity index (χ4v) is 5.03. The Hall–Kier alpha value is -3.08. The first-order chi connectivity index (χ1) is 14.3. The quantitative estimate of drug-likeness (QED) is 0.398. The summed E-state index contributed by atoms with van der Waals surface area (Å²) >= 11 is 6.04. The SMILES string of the molecule is CNCCn1ccc2ccc(S(=O)(=O)c3ccc(Cl)c4c(=O)n(O)c(=O)[nH]c34)cc21. The molecule has 4 aromatic rings. The van der Waals surface area contributed by atoms with Gasteiger partial charge < -0.3 is 20.1 Å². The molecule has 0 bridgehead atoms. The molecular weight excluding hydrogens is 432 g/mol. The molecule has 0 aliphatic heterocycles. The van der Waals surface area contributed by atoms with Crippen molar-refractivity contribution >= 4 is 43.2 Å². The highest BCUT2D eigenvalue weighted by Crippen LogP contribution is 2.31. The lowest BCUT2D eigenvalue weighted by molar-refractivity contribution is 0.162. The van der Waals surface area contributed by atoms with Crippen molar-refractivity contribution in [1.82, 2.24) is 19.6 Å². The number of likely N-dealkylation sites (N-methyl/N-ethyl adjacent to an activating group) is 1. The number of nitrogens with zero attached hydrogens (tertiary/aromatic N) is 2. The molecule has 2 aromatic heterocycles. The molecule has 0 unspecified atom stereocenters. The molecule has 2 heterocycles. The van der Waals surface area contributed by atoms with Gasteiger partial charge in [-0.2, -0.15) is 0 Å². The van der Waals surface area contributed by atoms with E-state index in [2.05, 4.69) is 10.3 Å². The van der Waals surface area contributed by atoms with Crippen molar-refractivity contribution < 1.29 is 13.6 Å². The molecule has 3 N–H and O–H groups in total. The molecule has 0 saturated carbocycles. The fraction of sp³-hybridized carbons (Fsp3) is 0.158. The van der Waals surface area contributed by atoms with Crippen molar-refractivity contribution in [3.8, 4) is 0 Å². The summed E-state index contributed by atoms with van der Waals surface area (Å²) in [7, 11) is -2.30. The normalized spacial score (nSPS) is 12.1. The molecule has 2 aromatic carbocycles. The van der Waals surface area contributed by atoms with Crippen LogP contribution in [0.25, 0.3) is 21.8 Å². The molecule has 0 saturated heterocycles. The summed E-state index contributed by atoms with van der Waals surface area (Å²) in [6.45, 7) is 1.36. The number of benzene rings is 2. The van der Waals surface area contributed by atoms with Gasteiger partial charge in [0.05, 0.1) is 25.7 Å². The molecule has 0 fully saturated rings. The Morgan fingerprint density at radius 2 is 1.93 bits per heavy atom. The lowest BCUT2D eigenvalue weighted by Gasteiger charge is -2.11. The highest BCUT2D eigenvalue weighted by Gasteiger charge is 2.25. The van der Waals surface area contributed by atoms with E-state index in [1.165, 1.54) is 18.2 Å². The van der Waals surface area contributed by atoms with Crippen molar-refractivity contribution in [3.05, 3.63) is 68.5 Å². The summed E-state index contributed by atoms with van der Waals surface area (Å²) in [6.07, 6.45) is 1.87. The molecule has 30 heavy (non-hydrogen) atoms. The van der Waals surface area contributed by atoms with Crippen LogP contribution >= 0.6 is 11.6 Å². The molecular formula is C19H17ClN4O5S. The maximum absolute atomic E-state index is 13.4. The van der Waals surface area contributed by atoms with E-state index in [1.54, 1.807) is 12.1 Å². The molecule has 0 atom stereocenters. The summed E-state index contributed by atoms with van der Waals surface area (Å²) in [5, 5.41) is 13.1. The van der Waals surface area contributed by atoms with Crippen LogP contribution in [0.15, 0.2) is 62.0 Å². The Morgan fingerprint density at radius 3 is 2.67 bits per heavy atom. The molecule has 156 valence electrons. The van der Waals surface area contributed by atoms with Crippen LogP contribution < -0.4 is 16.6 Å². The maximum Gasteiger partial charge on any atom is 0.362 e. The van der Waals surface area contributed by atoms with E-state index in [4.69, 9.17) is 11.6 Å². The third-order valence-corrected chi connectivity index (χ3v) is 7.00. The standard InChI is InChI=1S/C19H17ClN4O5S/c1-21-7-9-23-8-6-11-2-3-12(10-14(11)23)30(28,29)15-5-4-13(20)16-17(15)22-19(26)24(27)18(16)25/h2-6,8,10,21,27H,7,9H2,1H3,(H,22,26). The fourth-order valence-electron chi connectivity index (χ4n) is 3.36. The Morgan fingerprint density at radius 1 is 1.17 bits per heavy atom. The van der Waals surface area contributed by atoms with E-state index in [1.807, 2.05) is 23.9 Å². The third-order valence-electron chi connectivity index (χ3n) is 4.89.